The molecule has 1 aromatic carbocycles. The largest absolute Gasteiger partial charge is 0.489 e. The SMILES string of the molecule is C=C(CCl)COc1c(C)cc(C)cc1C. The van der Waals surface area contributed by atoms with E-state index < -0.39 is 0 Å². The molecule has 1 rings (SSSR count). The number of ether oxygens (including phenoxy) is 1. The molecule has 0 atom stereocenters. The number of halogens is 1. The van der Waals surface area contributed by atoms with Crippen LogP contribution in [-0.4, -0.2) is 12.5 Å². The Morgan fingerprint density at radius 3 is 2.27 bits per heavy atom. The summed E-state index contributed by atoms with van der Waals surface area (Å²) in [5.41, 5.74) is 4.48. The van der Waals surface area contributed by atoms with E-state index in [2.05, 4.69) is 39.5 Å². The van der Waals surface area contributed by atoms with Crippen LogP contribution in [0, 0.1) is 20.8 Å². The first-order valence-electron chi connectivity index (χ1n) is 4.98. The van der Waals surface area contributed by atoms with Gasteiger partial charge in [-0.1, -0.05) is 24.3 Å². The van der Waals surface area contributed by atoms with Crippen LogP contribution in [0.15, 0.2) is 24.3 Å². The summed E-state index contributed by atoms with van der Waals surface area (Å²) in [6.45, 7) is 10.5. The highest BCUT2D eigenvalue weighted by atomic mass is 35.5. The average molecular weight is 225 g/mol. The van der Waals surface area contributed by atoms with Gasteiger partial charge < -0.3 is 4.74 Å². The van der Waals surface area contributed by atoms with Gasteiger partial charge in [0.15, 0.2) is 0 Å². The summed E-state index contributed by atoms with van der Waals surface area (Å²) in [5.74, 6) is 1.40. The fourth-order valence-corrected chi connectivity index (χ4v) is 1.68. The molecule has 1 nitrogen and oxygen atoms in total. The first-order chi connectivity index (χ1) is 7.04. The van der Waals surface area contributed by atoms with Crippen molar-refractivity contribution in [3.05, 3.63) is 41.0 Å². The van der Waals surface area contributed by atoms with Crippen molar-refractivity contribution in [1.29, 1.82) is 0 Å². The zero-order valence-corrected chi connectivity index (χ0v) is 10.3. The van der Waals surface area contributed by atoms with E-state index >= 15 is 0 Å². The topological polar surface area (TPSA) is 9.23 Å². The molecule has 0 aliphatic rings. The molecule has 0 aliphatic carbocycles. The van der Waals surface area contributed by atoms with Crippen molar-refractivity contribution in [3.63, 3.8) is 0 Å². The molecule has 0 fully saturated rings. The van der Waals surface area contributed by atoms with Gasteiger partial charge in [-0.3, -0.25) is 0 Å². The lowest BCUT2D eigenvalue weighted by Crippen LogP contribution is -2.04. The van der Waals surface area contributed by atoms with Gasteiger partial charge in [0.05, 0.1) is 0 Å². The molecule has 1 aromatic rings. The number of hydrogen-bond acceptors (Lipinski definition) is 1. The summed E-state index contributed by atoms with van der Waals surface area (Å²) in [6.07, 6.45) is 0. The molecule has 0 bridgehead atoms. The van der Waals surface area contributed by atoms with E-state index in [0.717, 1.165) is 22.4 Å². The second-order valence-corrected chi connectivity index (χ2v) is 4.17. The highest BCUT2D eigenvalue weighted by Gasteiger charge is 2.05. The molecule has 0 unspecified atom stereocenters. The first kappa shape index (κ1) is 12.1. The number of rotatable bonds is 4. The van der Waals surface area contributed by atoms with Crippen molar-refractivity contribution in [2.75, 3.05) is 12.5 Å². The molecular formula is C13H17ClO. The molecule has 2 heteroatoms. The van der Waals surface area contributed by atoms with Crippen LogP contribution in [-0.2, 0) is 0 Å². The van der Waals surface area contributed by atoms with Gasteiger partial charge in [0.2, 0.25) is 0 Å². The van der Waals surface area contributed by atoms with Gasteiger partial charge in [0.25, 0.3) is 0 Å². The minimum Gasteiger partial charge on any atom is -0.489 e. The molecule has 0 heterocycles. The van der Waals surface area contributed by atoms with Gasteiger partial charge in [-0.25, -0.2) is 0 Å². The van der Waals surface area contributed by atoms with Gasteiger partial charge in [0.1, 0.15) is 12.4 Å². The molecular weight excluding hydrogens is 208 g/mol. The quantitative estimate of drug-likeness (QED) is 0.559. The van der Waals surface area contributed by atoms with Crippen LogP contribution in [0.4, 0.5) is 0 Å². The minimum absolute atomic E-state index is 0.448. The van der Waals surface area contributed by atoms with E-state index in [-0.39, 0.29) is 0 Å². The second-order valence-electron chi connectivity index (χ2n) is 3.90. The molecule has 15 heavy (non-hydrogen) atoms. The molecule has 0 saturated heterocycles. The summed E-state index contributed by atoms with van der Waals surface area (Å²) in [5, 5.41) is 0. The van der Waals surface area contributed by atoms with Gasteiger partial charge in [0, 0.05) is 5.88 Å². The van der Waals surface area contributed by atoms with Crippen LogP contribution in [0.2, 0.25) is 0 Å². The third-order valence-corrected chi connectivity index (χ3v) is 2.59. The predicted molar refractivity (Wildman–Crippen MR) is 66.0 cm³/mol. The van der Waals surface area contributed by atoms with E-state index in [4.69, 9.17) is 16.3 Å². The Morgan fingerprint density at radius 1 is 1.27 bits per heavy atom. The summed E-state index contributed by atoms with van der Waals surface area (Å²) in [4.78, 5) is 0. The number of hydrogen-bond donors (Lipinski definition) is 0. The summed E-state index contributed by atoms with van der Waals surface area (Å²) >= 11 is 5.64. The van der Waals surface area contributed by atoms with Crippen molar-refractivity contribution in [1.82, 2.24) is 0 Å². The molecule has 0 radical (unpaired) electrons. The lowest BCUT2D eigenvalue weighted by molar-refractivity contribution is 0.348. The molecule has 0 spiro atoms. The van der Waals surface area contributed by atoms with Crippen molar-refractivity contribution < 1.29 is 4.74 Å². The monoisotopic (exact) mass is 224 g/mol. The van der Waals surface area contributed by atoms with Crippen molar-refractivity contribution >= 4 is 11.6 Å². The zero-order chi connectivity index (χ0) is 11.4. The van der Waals surface area contributed by atoms with Crippen LogP contribution < -0.4 is 4.74 Å². The highest BCUT2D eigenvalue weighted by Crippen LogP contribution is 2.24. The van der Waals surface area contributed by atoms with Crippen molar-refractivity contribution in [2.45, 2.75) is 20.8 Å². The zero-order valence-electron chi connectivity index (χ0n) is 9.56. The molecule has 82 valence electrons. The van der Waals surface area contributed by atoms with E-state index in [1.165, 1.54) is 5.56 Å². The first-order valence-corrected chi connectivity index (χ1v) is 5.51. The lowest BCUT2D eigenvalue weighted by atomic mass is 10.1. The average Bonchev–Trinajstić information content (AvgIpc) is 2.15. The molecule has 0 aliphatic heterocycles. The number of alkyl halides is 1. The van der Waals surface area contributed by atoms with Crippen molar-refractivity contribution in [3.8, 4) is 5.75 Å². The molecule has 0 N–H and O–H groups in total. The Morgan fingerprint density at radius 2 is 1.80 bits per heavy atom. The van der Waals surface area contributed by atoms with Crippen molar-refractivity contribution in [2.24, 2.45) is 0 Å². The van der Waals surface area contributed by atoms with Gasteiger partial charge in [-0.2, -0.15) is 0 Å². The lowest BCUT2D eigenvalue weighted by Gasteiger charge is -2.13. The van der Waals surface area contributed by atoms with E-state index in [9.17, 15) is 0 Å². The Labute approximate surface area is 96.7 Å². The normalized spacial score (nSPS) is 10.1. The van der Waals surface area contributed by atoms with Gasteiger partial charge >= 0.3 is 0 Å². The maximum atomic E-state index is 5.69. The second kappa shape index (κ2) is 5.22. The number of aryl methyl sites for hydroxylation is 3. The van der Waals surface area contributed by atoms with Crippen LogP contribution in [0.1, 0.15) is 16.7 Å². The highest BCUT2D eigenvalue weighted by molar-refractivity contribution is 6.19. The summed E-state index contributed by atoms with van der Waals surface area (Å²) < 4.78 is 5.69. The number of benzene rings is 1. The Hall–Kier alpha value is -0.950. The predicted octanol–water partition coefficient (Wildman–Crippen LogP) is 3.79. The van der Waals surface area contributed by atoms with Crippen LogP contribution >= 0.6 is 11.6 Å². The Balaban J connectivity index is 2.81. The summed E-state index contributed by atoms with van der Waals surface area (Å²) in [6, 6.07) is 4.23. The van der Waals surface area contributed by atoms with E-state index in [1.54, 1.807) is 0 Å². The van der Waals surface area contributed by atoms with Gasteiger partial charge in [-0.15, -0.1) is 11.6 Å². The van der Waals surface area contributed by atoms with Crippen LogP contribution in [0.25, 0.3) is 0 Å². The smallest absolute Gasteiger partial charge is 0.125 e. The van der Waals surface area contributed by atoms with E-state index in [1.807, 2.05) is 0 Å². The Bertz CT molecular complexity index is 346. The third-order valence-electron chi connectivity index (χ3n) is 2.21. The fraction of sp³-hybridized carbons (Fsp3) is 0.385. The minimum atomic E-state index is 0.448. The van der Waals surface area contributed by atoms with Crippen LogP contribution in [0.5, 0.6) is 5.75 Å². The Kier molecular flexibility index (Phi) is 4.22. The molecule has 0 amide bonds. The van der Waals surface area contributed by atoms with Gasteiger partial charge in [-0.05, 0) is 37.5 Å². The standard InChI is InChI=1S/C13H17ClO/c1-9-5-11(3)13(12(4)6-9)15-8-10(2)7-14/h5-6H,2,7-8H2,1,3-4H3. The molecule has 0 saturated carbocycles. The maximum Gasteiger partial charge on any atom is 0.125 e. The third kappa shape index (κ3) is 3.28. The maximum absolute atomic E-state index is 5.69. The summed E-state index contributed by atoms with van der Waals surface area (Å²) in [7, 11) is 0. The van der Waals surface area contributed by atoms with E-state index in [0.29, 0.717) is 12.5 Å². The fourth-order valence-electron chi connectivity index (χ4n) is 1.61. The molecule has 0 aromatic heterocycles. The van der Waals surface area contributed by atoms with Crippen LogP contribution in [0.3, 0.4) is 0 Å².